The topological polar surface area (TPSA) is 517 Å². The molecule has 0 fully saturated rings. The first-order valence-corrected chi connectivity index (χ1v) is 52.1. The number of aromatic hydroxyl groups is 1. The van der Waals surface area contributed by atoms with E-state index in [0.717, 1.165) is 83.0 Å². The monoisotopic (exact) mass is 2120 g/mol. The molecular formula is C108H80Cl2CuN14O18S4. The number of pyridine rings is 4. The van der Waals surface area contributed by atoms with Crippen molar-refractivity contribution in [1.82, 2.24) is 29.9 Å². The number of hydrogen-bond donors (Lipinski definition) is 10. The second kappa shape index (κ2) is 43.2. The van der Waals surface area contributed by atoms with Crippen LogP contribution < -0.4 is 26.7 Å². The van der Waals surface area contributed by atoms with Crippen LogP contribution in [0, 0.1) is 0 Å². The molecule has 20 aromatic rings. The fraction of sp³-hybridized carbons (Fsp3) is 0.0556. The van der Waals surface area contributed by atoms with E-state index in [-0.39, 0.29) is 56.3 Å². The van der Waals surface area contributed by atoms with E-state index in [4.69, 9.17) is 66.4 Å². The van der Waals surface area contributed by atoms with Crippen molar-refractivity contribution in [2.24, 2.45) is 34.9 Å². The summed E-state index contributed by atoms with van der Waals surface area (Å²) < 4.78 is 105. The molecule has 4 aliphatic rings. The number of carbonyl (C=O) groups excluding carboxylic acids is 1. The second-order valence-electron chi connectivity index (χ2n) is 33.1. The number of amidine groups is 5. The number of H-pyrrole nitrogens is 5. The van der Waals surface area contributed by atoms with Crippen LogP contribution in [0.4, 0.5) is 11.6 Å². The summed E-state index contributed by atoms with van der Waals surface area (Å²) in [6.45, 7) is 5.66. The average Bonchev–Trinajstić information content (AvgIpc) is 1.71. The maximum atomic E-state index is 12.9. The zero-order chi connectivity index (χ0) is 103. The van der Waals surface area contributed by atoms with Crippen LogP contribution >= 0.6 is 23.2 Å². The molecular weight excluding hydrogens is 2040 g/mol. The van der Waals surface area contributed by atoms with Gasteiger partial charge in [0.1, 0.15) is 0 Å². The summed E-state index contributed by atoms with van der Waals surface area (Å²) in [5.74, 6) is 3.41. The first-order chi connectivity index (χ1) is 69.8. The Bertz CT molecular complexity index is 9400. The molecule has 6 aromatic heterocycles. The summed E-state index contributed by atoms with van der Waals surface area (Å²) in [5.41, 5.74) is 18.5. The summed E-state index contributed by atoms with van der Waals surface area (Å²) in [4.78, 5) is 118. The molecule has 0 atom stereocenters. The number of para-hydroxylation sites is 4. The normalized spacial score (nSPS) is 13.5. The molecule has 1 amide bonds. The first kappa shape index (κ1) is 103. The molecule has 24 rings (SSSR count). The molecule has 0 unspecified atom stereocenters. The number of halogens is 2. The van der Waals surface area contributed by atoms with Gasteiger partial charge in [0.05, 0.1) is 108 Å². The number of nitrogens with one attached hydrogen (secondary N) is 5. The van der Waals surface area contributed by atoms with Gasteiger partial charge in [-0.3, -0.25) is 42.2 Å². The van der Waals surface area contributed by atoms with Crippen molar-refractivity contribution in [1.29, 1.82) is 0 Å². The molecule has 32 nitrogen and oxygen atoms in total. The van der Waals surface area contributed by atoms with Crippen LogP contribution in [0.3, 0.4) is 0 Å². The van der Waals surface area contributed by atoms with Crippen LogP contribution in [0.1, 0.15) is 61.8 Å². The van der Waals surface area contributed by atoms with Gasteiger partial charge in [0.2, 0.25) is 0 Å². The Hall–Kier alpha value is -16.5. The van der Waals surface area contributed by atoms with Crippen LogP contribution in [0.25, 0.3) is 137 Å². The van der Waals surface area contributed by atoms with Crippen molar-refractivity contribution in [2.75, 3.05) is 24.5 Å². The van der Waals surface area contributed by atoms with Crippen molar-refractivity contribution in [3.8, 4) is 39.4 Å². The Morgan fingerprint density at radius 2 is 0.701 bits per heavy atom. The predicted molar refractivity (Wildman–Crippen MR) is 580 cm³/mol. The van der Waals surface area contributed by atoms with Gasteiger partial charge in [-0.2, -0.15) is 33.7 Å². The molecule has 39 heteroatoms. The van der Waals surface area contributed by atoms with Gasteiger partial charge in [-0.25, -0.2) is 20.0 Å². The van der Waals surface area contributed by atoms with Gasteiger partial charge in [0.25, 0.3) is 46.4 Å². The predicted octanol–water partition coefficient (Wildman–Crippen LogP) is 20.3. The third-order valence-corrected chi connectivity index (χ3v) is 24.4. The molecule has 14 aromatic carbocycles. The Kier molecular flexibility index (Phi) is 30.4. The maximum Gasteiger partial charge on any atom is 2.00 e. The third kappa shape index (κ3) is 23.5. The van der Waals surface area contributed by atoms with E-state index in [9.17, 15) is 62.8 Å². The van der Waals surface area contributed by atoms with Crippen LogP contribution in [0.2, 0.25) is 10.0 Å². The molecule has 10 N–H and O–H groups in total. The number of benzene rings is 14. The number of fused-ring (bicyclic) bond motifs is 13. The number of hydrogen-bond acceptors (Lipinski definition) is 18. The second-order valence-corrected chi connectivity index (χ2v) is 40.1. The van der Waals surface area contributed by atoms with E-state index >= 15 is 0 Å². The molecule has 0 bridgehead atoms. The van der Waals surface area contributed by atoms with Crippen molar-refractivity contribution in [3.05, 3.63) is 422 Å². The standard InChI is InChI=1S/C33H20N8.C30H20N2O2.C20H10Cl2N2O2.C20H12N2O2.C2H6O3S.3CH4O3S.Cu/c1-34-27-21-12-4-5-13-22(21)29(36-27)38-31-25-16-8-9-17-26(25)33(40-31)41-32-24-15-7-6-14-23(24)30(39-32)37-28-20-11-3-2-10-19(20)18-35-28;33-29-25-26(28(32-29)24-17-13-22(14-18-24)20-9-5-2-6-10-20)30(34)31-27(25)23-15-11-21(12-16-23)19-7-3-1-4-8-19;21-13-5-1-3-9-17(13)23-15-8-12-16(7-11(15)19(9)25)24-18-10(20(12)26)4-2-6-14(18)22;23-19-11-5-1-3-7-15(11)21-17-10-14-18(9-13(17)19)22-16-8-4-2-6-12(16)20(14)24;1-2-6(3,4)5;3*1-5(2,3)4;/h2-17H,1,18H2;1-18,31,34H;1-8H,(H,23,25)(H,24,26);1-10H,(H,21,23)(H,22,24);2H2,1H3,(H,3,4,5);3*1H3,(H,2,3,4);/q-2;;;;;;;;+2. The summed E-state index contributed by atoms with van der Waals surface area (Å²) in [5, 5.41) is 22.5. The average molecular weight is 2120 g/mol. The van der Waals surface area contributed by atoms with Gasteiger partial charge in [0, 0.05) is 93.6 Å². The number of aliphatic imine (C=N–C) groups is 7. The number of aromatic amines is 5. The zero-order valence-electron chi connectivity index (χ0n) is 77.4. The van der Waals surface area contributed by atoms with Crippen LogP contribution in [-0.4, -0.2) is 154 Å². The van der Waals surface area contributed by atoms with E-state index in [0.29, 0.717) is 175 Å². The summed E-state index contributed by atoms with van der Waals surface area (Å²) in [7, 11) is -14.7. The Morgan fingerprint density at radius 1 is 0.361 bits per heavy atom. The Labute approximate surface area is 857 Å². The summed E-state index contributed by atoms with van der Waals surface area (Å²) in [6, 6.07) is 100.0. The van der Waals surface area contributed by atoms with E-state index in [1.807, 2.05) is 212 Å². The molecule has 1 radical (unpaired) electrons. The molecule has 0 saturated carbocycles. The molecule has 147 heavy (non-hydrogen) atoms. The molecule has 739 valence electrons. The van der Waals surface area contributed by atoms with Gasteiger partial charge >= 0.3 is 17.1 Å². The number of carbonyl (C=O) groups is 1. The fourth-order valence-electron chi connectivity index (χ4n) is 16.6. The SMILES string of the molecule is C=NC1=NC(=Nc2[n-]c(N=C3N=C(N=C4[N-]Cc5ccccc54)c4ccccc43)c3ccccc23)c2ccccc21.CCS(=O)(=O)O.CS(=O)(=O)O.CS(=O)(=O)O.CS(=O)(=O)O.O=C1N=C(c2ccc(-c3ccccc3)cc2)c2c(O)[nH]c(-c3ccc(-c4ccccc4)cc3)c21.O=c1c2cc3[nH]c4c(Cl)cccc4c(=O)c3cc2[nH]c2c(Cl)cccc12.O=c1c2ccccc2[nH]c2cc3c(=O)c4ccccc4[nH]c3cc12.[Cu+2]. The largest absolute Gasteiger partial charge is 2.00 e. The molecule has 4 aliphatic heterocycles. The van der Waals surface area contributed by atoms with Crippen molar-refractivity contribution < 1.29 is 78.9 Å². The van der Waals surface area contributed by atoms with E-state index in [2.05, 4.69) is 82.3 Å². The van der Waals surface area contributed by atoms with Gasteiger partial charge in [-0.15, -0.1) is 0 Å². The van der Waals surface area contributed by atoms with E-state index < -0.39 is 40.5 Å². The third-order valence-electron chi connectivity index (χ3n) is 23.1. The summed E-state index contributed by atoms with van der Waals surface area (Å²) >= 11 is 12.4. The smallest absolute Gasteiger partial charge is 0.494 e. The molecule has 0 aliphatic carbocycles. The van der Waals surface area contributed by atoms with Crippen LogP contribution in [-0.2, 0) is 64.1 Å². The number of aromatic nitrogens is 6. The molecule has 10 heterocycles. The zero-order valence-corrected chi connectivity index (χ0v) is 83.1. The minimum Gasteiger partial charge on any atom is -0.494 e. The minimum atomic E-state index is -3.67. The minimum absolute atomic E-state index is 0. The van der Waals surface area contributed by atoms with Gasteiger partial charge < -0.3 is 55.3 Å². The van der Waals surface area contributed by atoms with Gasteiger partial charge in [-0.05, 0) is 143 Å². The maximum absolute atomic E-state index is 12.9. The van der Waals surface area contributed by atoms with E-state index in [1.165, 1.54) is 12.5 Å². The van der Waals surface area contributed by atoms with Gasteiger partial charge in [-0.1, -0.05) is 272 Å². The van der Waals surface area contributed by atoms with Gasteiger partial charge in [0.15, 0.2) is 33.4 Å². The number of nitrogens with zero attached hydrogens (tertiary/aromatic N) is 9. The van der Waals surface area contributed by atoms with Crippen LogP contribution in [0.15, 0.2) is 370 Å². The van der Waals surface area contributed by atoms with Crippen molar-refractivity contribution >= 4 is 221 Å². The first-order valence-electron chi connectivity index (χ1n) is 44.2. The Balaban J connectivity index is 0.000000133. The number of rotatable bonds is 7. The van der Waals surface area contributed by atoms with Crippen LogP contribution in [0.5, 0.6) is 5.88 Å². The fourth-order valence-corrected chi connectivity index (χ4v) is 17.0. The quantitative estimate of drug-likeness (QED) is 0.0307. The van der Waals surface area contributed by atoms with E-state index in [1.54, 1.807) is 72.8 Å². The van der Waals surface area contributed by atoms with Crippen molar-refractivity contribution in [3.63, 3.8) is 0 Å². The summed E-state index contributed by atoms with van der Waals surface area (Å²) in [6.07, 6.45) is 2.15. The number of amides is 1. The molecule has 0 saturated heterocycles. The Morgan fingerprint density at radius 3 is 1.13 bits per heavy atom. The van der Waals surface area contributed by atoms with Crippen molar-refractivity contribution in [2.45, 2.75) is 13.5 Å². The molecule has 0 spiro atoms.